The monoisotopic (exact) mass is 816 g/mol. The van der Waals surface area contributed by atoms with Crippen LogP contribution >= 0.6 is 0 Å². The SMILES string of the molecule is CN1N=C(C(=O)Nc2cc(S(=O)(=O)O)ccc2S(=O)(=O)O)C(=CC=CC=Cc2c(C(=O)Nc3cc(S(=O)(=O)O)ccc3S(=O)(=O)O)[nH]n(C)c2=O)C1=O. The average Bonchev–Trinajstić information content (AvgIpc) is 3.48. The highest BCUT2D eigenvalue weighted by Crippen LogP contribution is 2.27. The van der Waals surface area contributed by atoms with Crippen LogP contribution in [0.5, 0.6) is 0 Å². The minimum Gasteiger partial charge on any atom is -0.319 e. The lowest BCUT2D eigenvalue weighted by Crippen LogP contribution is -2.25. The van der Waals surface area contributed by atoms with Crippen LogP contribution in [0.4, 0.5) is 11.4 Å². The van der Waals surface area contributed by atoms with E-state index < -0.39 is 106 Å². The molecule has 0 spiro atoms. The van der Waals surface area contributed by atoms with Crippen LogP contribution in [0.2, 0.25) is 0 Å². The number of benzene rings is 2. The molecule has 0 atom stereocenters. The third kappa shape index (κ3) is 9.07. The average molecular weight is 817 g/mol. The van der Waals surface area contributed by atoms with Gasteiger partial charge in [-0.25, -0.2) is 5.01 Å². The van der Waals surface area contributed by atoms with Crippen molar-refractivity contribution >= 4 is 81.4 Å². The van der Waals surface area contributed by atoms with Crippen molar-refractivity contribution in [2.24, 2.45) is 12.1 Å². The van der Waals surface area contributed by atoms with Crippen LogP contribution in [-0.2, 0) is 57.1 Å². The minimum absolute atomic E-state index is 0.332. The van der Waals surface area contributed by atoms with Gasteiger partial charge in [0.1, 0.15) is 15.5 Å². The summed E-state index contributed by atoms with van der Waals surface area (Å²) in [5, 5.41) is 11.0. The van der Waals surface area contributed by atoms with Crippen molar-refractivity contribution in [1.82, 2.24) is 14.8 Å². The van der Waals surface area contributed by atoms with Crippen LogP contribution in [0.15, 0.2) is 95.8 Å². The number of nitrogens with zero attached hydrogens (tertiary/aromatic N) is 3. The fourth-order valence-corrected chi connectivity index (χ4v) is 6.72. The first-order chi connectivity index (χ1) is 24.3. The zero-order valence-corrected chi connectivity index (χ0v) is 29.8. The predicted octanol–water partition coefficient (Wildman–Crippen LogP) is -0.0850. The van der Waals surface area contributed by atoms with Gasteiger partial charge in [0.25, 0.3) is 63.8 Å². The first-order valence-electron chi connectivity index (χ1n) is 13.8. The molecule has 0 bridgehead atoms. The van der Waals surface area contributed by atoms with E-state index in [1.165, 1.54) is 25.3 Å². The van der Waals surface area contributed by atoms with Gasteiger partial charge in [-0.3, -0.25) is 47.2 Å². The first kappa shape index (κ1) is 40.2. The Kier molecular flexibility index (Phi) is 10.9. The third-order valence-corrected chi connectivity index (χ3v) is 10.4. The Morgan fingerprint density at radius 2 is 1.21 bits per heavy atom. The highest BCUT2D eigenvalue weighted by molar-refractivity contribution is 7.87. The topological polar surface area (TPSA) is 346 Å². The third-order valence-electron chi connectivity index (χ3n) is 6.85. The Bertz CT molecular complexity index is 2720. The maximum atomic E-state index is 13.1. The number of aryl methyl sites for hydroxylation is 1. The number of hydrogen-bond donors (Lipinski definition) is 7. The van der Waals surface area contributed by atoms with Crippen LogP contribution in [0.1, 0.15) is 16.1 Å². The fraction of sp³-hybridized carbons (Fsp3) is 0.0741. The lowest BCUT2D eigenvalue weighted by atomic mass is 10.1. The quantitative estimate of drug-likeness (QED) is 0.0755. The van der Waals surface area contributed by atoms with Crippen molar-refractivity contribution in [1.29, 1.82) is 0 Å². The molecular weight excluding hydrogens is 793 g/mol. The van der Waals surface area contributed by atoms with Crippen molar-refractivity contribution in [2.45, 2.75) is 19.6 Å². The summed E-state index contributed by atoms with van der Waals surface area (Å²) in [7, 11) is -17.5. The molecule has 1 aliphatic rings. The molecule has 0 saturated carbocycles. The second-order valence-electron chi connectivity index (χ2n) is 10.5. The number of carbonyl (C=O) groups excluding carboxylic acids is 3. The summed E-state index contributed by atoms with van der Waals surface area (Å²) in [4.78, 5) is 48.1. The normalized spacial score (nSPS) is 15.1. The van der Waals surface area contributed by atoms with Gasteiger partial charge in [0, 0.05) is 14.1 Å². The molecule has 3 amide bonds. The standard InChI is InChI=1S/C27H24N6O16S4/c1-32-26(36)16(22(30-32)24(34)28-18-12-14(50(38,39)40)8-10-20(18)52(44,45)46)6-4-3-5-7-17-23(31-33(2)27(17)37)25(35)29-19-13-15(51(41,42)43)9-11-21(19)53(47,48)49/h3-13,30H,1-2H3,(H,28,34)(H,29,35)(H,38,39,40)(H,41,42,43)(H,44,45,46)(H,47,48,49). The Hall–Kier alpha value is -5.61. The fourth-order valence-electron chi connectivity index (χ4n) is 4.46. The van der Waals surface area contributed by atoms with Crippen LogP contribution in [0.3, 0.4) is 0 Å². The number of nitrogens with one attached hydrogen (secondary N) is 3. The number of amides is 3. The van der Waals surface area contributed by atoms with E-state index in [0.717, 1.165) is 28.9 Å². The van der Waals surface area contributed by atoms with Crippen LogP contribution in [0.25, 0.3) is 6.08 Å². The van der Waals surface area contributed by atoms with Crippen molar-refractivity contribution in [3.05, 3.63) is 87.9 Å². The van der Waals surface area contributed by atoms with Gasteiger partial charge in [0.15, 0.2) is 5.71 Å². The molecule has 0 saturated heterocycles. The molecule has 0 radical (unpaired) electrons. The van der Waals surface area contributed by atoms with E-state index in [2.05, 4.69) is 10.2 Å². The summed E-state index contributed by atoms with van der Waals surface area (Å²) in [6, 6.07) is 3.58. The molecular formula is C27H24N6O16S4. The number of anilines is 2. The largest absolute Gasteiger partial charge is 0.319 e. The number of likely N-dealkylation sites (N-methyl/N-ethyl adjacent to an activating group) is 1. The summed E-state index contributed by atoms with van der Waals surface area (Å²) in [5.74, 6) is -3.29. The summed E-state index contributed by atoms with van der Waals surface area (Å²) in [6.45, 7) is 0. The summed E-state index contributed by atoms with van der Waals surface area (Å²) >= 11 is 0. The van der Waals surface area contributed by atoms with Crippen molar-refractivity contribution in [3.63, 3.8) is 0 Å². The molecule has 1 aromatic heterocycles. The van der Waals surface area contributed by atoms with Gasteiger partial charge in [0.2, 0.25) is 0 Å². The van der Waals surface area contributed by atoms with Gasteiger partial charge in [-0.2, -0.15) is 38.8 Å². The van der Waals surface area contributed by atoms with Crippen LogP contribution < -0.4 is 16.2 Å². The number of hydrogen-bond acceptors (Lipinski definition) is 13. The molecule has 3 aromatic rings. The van der Waals surface area contributed by atoms with Gasteiger partial charge in [-0.1, -0.05) is 18.2 Å². The van der Waals surface area contributed by atoms with Gasteiger partial charge in [-0.15, -0.1) is 0 Å². The molecule has 0 unspecified atom stereocenters. The molecule has 22 nitrogen and oxygen atoms in total. The second-order valence-corrected chi connectivity index (χ2v) is 16.1. The zero-order chi connectivity index (χ0) is 39.8. The molecule has 53 heavy (non-hydrogen) atoms. The van der Waals surface area contributed by atoms with E-state index in [1.807, 2.05) is 10.6 Å². The molecule has 282 valence electrons. The lowest BCUT2D eigenvalue weighted by molar-refractivity contribution is -0.124. The van der Waals surface area contributed by atoms with Crippen molar-refractivity contribution in [3.8, 4) is 0 Å². The highest BCUT2D eigenvalue weighted by atomic mass is 32.2. The second kappa shape index (κ2) is 14.4. The lowest BCUT2D eigenvalue weighted by Gasteiger charge is -2.10. The maximum Gasteiger partial charge on any atom is 0.296 e. The maximum absolute atomic E-state index is 13.1. The highest BCUT2D eigenvalue weighted by Gasteiger charge is 2.33. The Morgan fingerprint density at radius 3 is 1.68 bits per heavy atom. The number of hydrazone groups is 1. The van der Waals surface area contributed by atoms with Crippen LogP contribution in [-0.4, -0.2) is 97.2 Å². The molecule has 1 aliphatic heterocycles. The smallest absolute Gasteiger partial charge is 0.296 e. The zero-order valence-electron chi connectivity index (χ0n) is 26.5. The van der Waals surface area contributed by atoms with E-state index in [4.69, 9.17) is 0 Å². The van der Waals surface area contributed by atoms with E-state index >= 15 is 0 Å². The Balaban J connectivity index is 1.62. The molecule has 0 aliphatic carbocycles. The molecule has 4 rings (SSSR count). The Morgan fingerprint density at radius 1 is 0.717 bits per heavy atom. The van der Waals surface area contributed by atoms with E-state index in [9.17, 15) is 71.1 Å². The number of rotatable bonds is 11. The van der Waals surface area contributed by atoms with E-state index in [-0.39, 0.29) is 11.1 Å². The van der Waals surface area contributed by atoms with Gasteiger partial charge in [0.05, 0.1) is 32.3 Å². The van der Waals surface area contributed by atoms with Crippen molar-refractivity contribution < 1.29 is 66.3 Å². The molecule has 2 aromatic carbocycles. The number of H-pyrrole nitrogens is 1. The number of allylic oxidation sites excluding steroid dienone is 4. The predicted molar refractivity (Wildman–Crippen MR) is 181 cm³/mol. The van der Waals surface area contributed by atoms with Gasteiger partial charge in [-0.05, 0) is 48.6 Å². The first-order valence-corrected chi connectivity index (χ1v) is 19.6. The van der Waals surface area contributed by atoms with Crippen LogP contribution in [0, 0.1) is 0 Å². The molecule has 26 heteroatoms. The summed E-state index contributed by atoms with van der Waals surface area (Å²) in [6.07, 6.45) is 5.71. The van der Waals surface area contributed by atoms with Crippen molar-refractivity contribution in [2.75, 3.05) is 17.7 Å². The molecule has 7 N–H and O–H groups in total. The minimum atomic E-state index is -5.04. The Labute approximate surface area is 298 Å². The molecule has 0 fully saturated rings. The summed E-state index contributed by atoms with van der Waals surface area (Å²) in [5.41, 5.74) is -4.16. The summed E-state index contributed by atoms with van der Waals surface area (Å²) < 4.78 is 132. The number of carbonyl (C=O) groups is 3. The van der Waals surface area contributed by atoms with Gasteiger partial charge >= 0.3 is 0 Å². The molecule has 2 heterocycles. The number of aromatic nitrogens is 2. The van der Waals surface area contributed by atoms with E-state index in [0.29, 0.717) is 36.4 Å². The van der Waals surface area contributed by atoms with E-state index in [1.54, 1.807) is 0 Å². The van der Waals surface area contributed by atoms with Gasteiger partial charge < -0.3 is 10.6 Å². The number of aromatic amines is 1.